The fourth-order valence-corrected chi connectivity index (χ4v) is 1.91. The van der Waals surface area contributed by atoms with Gasteiger partial charge < -0.3 is 15.1 Å². The van der Waals surface area contributed by atoms with Gasteiger partial charge in [0.2, 0.25) is 5.91 Å². The van der Waals surface area contributed by atoms with Crippen molar-refractivity contribution in [2.24, 2.45) is 5.92 Å². The number of hydrogen-bond acceptors (Lipinski definition) is 3. The Morgan fingerprint density at radius 1 is 1.18 bits per heavy atom. The number of carbonyl (C=O) groups excluding carboxylic acids is 2. The molecule has 5 nitrogen and oxygen atoms in total. The molecule has 0 aliphatic rings. The van der Waals surface area contributed by atoms with Gasteiger partial charge in [0, 0.05) is 5.92 Å². The molecule has 1 aromatic carbocycles. The first-order chi connectivity index (χ1) is 10.6. The maximum Gasteiger partial charge on any atom is 0.253 e. The van der Waals surface area contributed by atoms with E-state index in [2.05, 4.69) is 10.6 Å². The van der Waals surface area contributed by atoms with Gasteiger partial charge in [0.25, 0.3) is 5.91 Å². The second-order valence-corrected chi connectivity index (χ2v) is 5.11. The van der Waals surface area contributed by atoms with E-state index in [0.717, 1.165) is 6.42 Å². The van der Waals surface area contributed by atoms with Crippen molar-refractivity contribution >= 4 is 17.5 Å². The van der Waals surface area contributed by atoms with Gasteiger partial charge in [0.15, 0.2) is 0 Å². The van der Waals surface area contributed by atoms with Crippen LogP contribution in [0.5, 0.6) is 0 Å². The zero-order valence-electron chi connectivity index (χ0n) is 12.8. The Kier molecular flexibility index (Phi) is 5.36. The first kappa shape index (κ1) is 15.8. The highest BCUT2D eigenvalue weighted by atomic mass is 16.3. The minimum Gasteiger partial charge on any atom is -0.467 e. The fourth-order valence-electron chi connectivity index (χ4n) is 1.91. The number of hydrogen-bond donors (Lipinski definition) is 2. The van der Waals surface area contributed by atoms with E-state index in [4.69, 9.17) is 4.42 Å². The molecule has 22 heavy (non-hydrogen) atoms. The lowest BCUT2D eigenvalue weighted by molar-refractivity contribution is -0.119. The van der Waals surface area contributed by atoms with E-state index in [9.17, 15) is 9.59 Å². The normalized spacial score (nSPS) is 11.7. The van der Waals surface area contributed by atoms with Gasteiger partial charge in [-0.25, -0.2) is 0 Å². The van der Waals surface area contributed by atoms with E-state index in [1.807, 2.05) is 13.8 Å². The van der Waals surface area contributed by atoms with Gasteiger partial charge in [0.05, 0.1) is 24.1 Å². The lowest BCUT2D eigenvalue weighted by Crippen LogP contribution is -2.26. The third kappa shape index (κ3) is 3.97. The molecule has 0 saturated heterocycles. The molecule has 2 amide bonds. The van der Waals surface area contributed by atoms with Crippen LogP contribution in [0, 0.1) is 5.92 Å². The zero-order valence-corrected chi connectivity index (χ0v) is 12.8. The van der Waals surface area contributed by atoms with Crippen LogP contribution in [0.2, 0.25) is 0 Å². The summed E-state index contributed by atoms with van der Waals surface area (Å²) in [6.07, 6.45) is 2.31. The smallest absolute Gasteiger partial charge is 0.253 e. The van der Waals surface area contributed by atoms with Gasteiger partial charge in [-0.2, -0.15) is 0 Å². The average molecular weight is 300 g/mol. The number of benzene rings is 1. The van der Waals surface area contributed by atoms with Crippen LogP contribution in [0.15, 0.2) is 47.1 Å². The number of furan rings is 1. The van der Waals surface area contributed by atoms with Crippen molar-refractivity contribution in [3.63, 3.8) is 0 Å². The van der Waals surface area contributed by atoms with Crippen molar-refractivity contribution in [2.75, 3.05) is 5.32 Å². The largest absolute Gasteiger partial charge is 0.467 e. The van der Waals surface area contributed by atoms with Crippen LogP contribution in [0.4, 0.5) is 5.69 Å². The Hall–Kier alpha value is -2.56. The maximum absolute atomic E-state index is 12.3. The lowest BCUT2D eigenvalue weighted by Gasteiger charge is -2.13. The Bertz CT molecular complexity index is 635. The second-order valence-electron chi connectivity index (χ2n) is 5.11. The maximum atomic E-state index is 12.3. The molecule has 1 heterocycles. The van der Waals surface area contributed by atoms with Crippen molar-refractivity contribution in [2.45, 2.75) is 26.8 Å². The number of amides is 2. The molecule has 5 heteroatoms. The molecule has 0 radical (unpaired) electrons. The van der Waals surface area contributed by atoms with Gasteiger partial charge in [0.1, 0.15) is 5.76 Å². The fraction of sp³-hybridized carbons (Fsp3) is 0.294. The van der Waals surface area contributed by atoms with E-state index in [1.54, 1.807) is 42.7 Å². The highest BCUT2D eigenvalue weighted by molar-refractivity contribution is 6.04. The Balaban J connectivity index is 2.06. The molecular weight excluding hydrogens is 280 g/mol. The molecule has 1 atom stereocenters. The lowest BCUT2D eigenvalue weighted by atomic mass is 10.1. The van der Waals surface area contributed by atoms with Gasteiger partial charge in [-0.05, 0) is 30.7 Å². The van der Waals surface area contributed by atoms with Gasteiger partial charge in [-0.3, -0.25) is 9.59 Å². The molecule has 0 unspecified atom stereocenters. The number of anilines is 1. The van der Waals surface area contributed by atoms with Crippen molar-refractivity contribution in [1.82, 2.24) is 5.32 Å². The topological polar surface area (TPSA) is 71.3 Å². The van der Waals surface area contributed by atoms with Crippen LogP contribution in [-0.4, -0.2) is 11.8 Å². The first-order valence-electron chi connectivity index (χ1n) is 7.32. The van der Waals surface area contributed by atoms with E-state index < -0.39 is 0 Å². The zero-order chi connectivity index (χ0) is 15.9. The van der Waals surface area contributed by atoms with E-state index in [0.29, 0.717) is 23.6 Å². The predicted molar refractivity (Wildman–Crippen MR) is 84.4 cm³/mol. The molecular formula is C17H20N2O3. The molecule has 2 rings (SSSR count). The second kappa shape index (κ2) is 7.45. The molecule has 116 valence electrons. The number of rotatable bonds is 6. The summed E-state index contributed by atoms with van der Waals surface area (Å²) in [6.45, 7) is 4.11. The molecule has 2 N–H and O–H groups in total. The summed E-state index contributed by atoms with van der Waals surface area (Å²) < 4.78 is 5.18. The minimum absolute atomic E-state index is 0.0891. The van der Waals surface area contributed by atoms with Crippen LogP contribution in [0.25, 0.3) is 0 Å². The van der Waals surface area contributed by atoms with Crippen molar-refractivity contribution in [1.29, 1.82) is 0 Å². The monoisotopic (exact) mass is 300 g/mol. The quantitative estimate of drug-likeness (QED) is 0.860. The Morgan fingerprint density at radius 3 is 2.64 bits per heavy atom. The van der Waals surface area contributed by atoms with E-state index in [-0.39, 0.29) is 17.7 Å². The van der Waals surface area contributed by atoms with Gasteiger partial charge in [-0.15, -0.1) is 0 Å². The Labute approximate surface area is 129 Å². The molecule has 2 aromatic rings. The Morgan fingerprint density at radius 2 is 1.95 bits per heavy atom. The van der Waals surface area contributed by atoms with E-state index >= 15 is 0 Å². The molecule has 1 aromatic heterocycles. The average Bonchev–Trinajstić information content (AvgIpc) is 3.05. The first-order valence-corrected chi connectivity index (χ1v) is 7.32. The molecule has 0 fully saturated rings. The van der Waals surface area contributed by atoms with Crippen molar-refractivity contribution in [3.8, 4) is 0 Å². The van der Waals surface area contributed by atoms with Crippen LogP contribution in [0.1, 0.15) is 36.4 Å². The summed E-state index contributed by atoms with van der Waals surface area (Å²) in [5.41, 5.74) is 0.954. The summed E-state index contributed by atoms with van der Waals surface area (Å²) in [7, 11) is 0. The summed E-state index contributed by atoms with van der Waals surface area (Å²) in [5.74, 6) is 0.235. The highest BCUT2D eigenvalue weighted by Crippen LogP contribution is 2.17. The predicted octanol–water partition coefficient (Wildman–Crippen LogP) is 3.19. The van der Waals surface area contributed by atoms with Gasteiger partial charge >= 0.3 is 0 Å². The SMILES string of the molecule is CC[C@@H](C)C(=O)Nc1ccccc1C(=O)NCc1ccco1. The van der Waals surface area contributed by atoms with Gasteiger partial charge in [-0.1, -0.05) is 26.0 Å². The van der Waals surface area contributed by atoms with Crippen LogP contribution >= 0.6 is 0 Å². The summed E-state index contributed by atoms with van der Waals surface area (Å²) in [6, 6.07) is 10.5. The summed E-state index contributed by atoms with van der Waals surface area (Å²) in [5, 5.41) is 5.59. The molecule has 0 aliphatic carbocycles. The minimum atomic E-state index is -0.253. The van der Waals surface area contributed by atoms with Crippen LogP contribution in [0.3, 0.4) is 0 Å². The van der Waals surface area contributed by atoms with Crippen molar-refractivity contribution < 1.29 is 14.0 Å². The highest BCUT2D eigenvalue weighted by Gasteiger charge is 2.16. The third-order valence-corrected chi connectivity index (χ3v) is 3.49. The molecule has 0 saturated carbocycles. The van der Waals surface area contributed by atoms with Crippen molar-refractivity contribution in [3.05, 3.63) is 54.0 Å². The summed E-state index contributed by atoms with van der Waals surface area (Å²) in [4.78, 5) is 24.3. The number of para-hydroxylation sites is 1. The van der Waals surface area contributed by atoms with Crippen LogP contribution in [-0.2, 0) is 11.3 Å². The standard InChI is InChI=1S/C17H20N2O3/c1-3-12(2)16(20)19-15-9-5-4-8-14(15)17(21)18-11-13-7-6-10-22-13/h4-10,12H,3,11H2,1-2H3,(H,18,21)(H,19,20)/t12-/m1/s1. The van der Waals surface area contributed by atoms with Crippen LogP contribution < -0.4 is 10.6 Å². The summed E-state index contributed by atoms with van der Waals surface area (Å²) >= 11 is 0. The molecule has 0 bridgehead atoms. The third-order valence-electron chi connectivity index (χ3n) is 3.49. The number of carbonyl (C=O) groups is 2. The molecule has 0 aliphatic heterocycles. The van der Waals surface area contributed by atoms with E-state index in [1.165, 1.54) is 0 Å². The molecule has 0 spiro atoms. The number of nitrogens with one attached hydrogen (secondary N) is 2.